The number of halogens is 4. The molecule has 4 bridgehead atoms. The third-order valence-electron chi connectivity index (χ3n) is 6.96. The largest absolute Gasteiger partial charge is 0.395 e. The second-order valence-electron chi connectivity index (χ2n) is 8.83. The quantitative estimate of drug-likeness (QED) is 0.290. The Balaban J connectivity index is 1.61. The molecule has 7 unspecified atom stereocenters. The maximum absolute atomic E-state index is 13.7. The molecule has 4 fully saturated rings. The molecule has 0 aliphatic carbocycles. The Bertz CT molecular complexity index is 630. The number of ether oxygens (including phenoxy) is 1. The van der Waals surface area contributed by atoms with Crippen LogP contribution in [-0.2, 0) is 4.74 Å². The maximum atomic E-state index is 13.7. The van der Waals surface area contributed by atoms with Crippen LogP contribution in [0.25, 0.3) is 0 Å². The molecular formula is C18H29BrF3N5O3. The van der Waals surface area contributed by atoms with Gasteiger partial charge in [0.05, 0.1) is 12.1 Å². The van der Waals surface area contributed by atoms with Crippen LogP contribution >= 0.6 is 15.9 Å². The molecule has 0 saturated carbocycles. The van der Waals surface area contributed by atoms with Crippen LogP contribution in [0.5, 0.6) is 0 Å². The van der Waals surface area contributed by atoms with Crippen molar-refractivity contribution in [2.75, 3.05) is 6.54 Å². The Morgan fingerprint density at radius 3 is 2.50 bits per heavy atom. The molecule has 4 rings (SSSR count). The summed E-state index contributed by atoms with van der Waals surface area (Å²) in [4.78, 5) is 13.7. The lowest BCUT2D eigenvalue weighted by molar-refractivity contribution is -0.533. The van der Waals surface area contributed by atoms with Gasteiger partial charge in [0.2, 0.25) is 6.04 Å². The summed E-state index contributed by atoms with van der Waals surface area (Å²) in [5.41, 5.74) is 5.39. The minimum atomic E-state index is -4.40. The van der Waals surface area contributed by atoms with Crippen molar-refractivity contribution in [3.8, 4) is 0 Å². The second-order valence-corrected chi connectivity index (χ2v) is 10.0. The first kappa shape index (κ1) is 22.7. The first-order chi connectivity index (χ1) is 14.3. The molecule has 0 amide bonds. The van der Waals surface area contributed by atoms with Gasteiger partial charge in [-0.3, -0.25) is 20.3 Å². The van der Waals surface area contributed by atoms with Gasteiger partial charge in [0.1, 0.15) is 18.5 Å². The average molecular weight is 500 g/mol. The Labute approximate surface area is 181 Å². The Morgan fingerprint density at radius 2 is 1.77 bits per heavy atom. The number of hydrogen-bond acceptors (Lipinski definition) is 7. The van der Waals surface area contributed by atoms with Gasteiger partial charge in [0, 0.05) is 28.8 Å². The number of fused-ring (bicyclic) bond motifs is 7. The second kappa shape index (κ2) is 9.14. The lowest BCUT2D eigenvalue weighted by Crippen LogP contribution is -2.68. The summed E-state index contributed by atoms with van der Waals surface area (Å²) in [6.45, 7) is 0.913. The standard InChI is InChI=1S/C18H29BrF3N5O3/c19-12-9-13(27(28)29)14-17-25-24-16(30-17)11(18(20,21)22)7-3-1-2-5-10-6-4-8-26(10)15(12)23-14/h10-17,23-25H,1-9H2/t10-,11?,12?,13?,14?,15?,16?,17?/m0/s1. The van der Waals surface area contributed by atoms with Crippen molar-refractivity contribution in [3.05, 3.63) is 10.1 Å². The number of hydrazine groups is 1. The van der Waals surface area contributed by atoms with Gasteiger partial charge >= 0.3 is 6.18 Å². The zero-order valence-corrected chi connectivity index (χ0v) is 18.2. The van der Waals surface area contributed by atoms with Gasteiger partial charge in [-0.2, -0.15) is 13.2 Å². The minimum absolute atomic E-state index is 0.0210. The van der Waals surface area contributed by atoms with Crippen LogP contribution < -0.4 is 16.2 Å². The molecule has 4 heterocycles. The predicted octanol–water partition coefficient (Wildman–Crippen LogP) is 2.47. The van der Waals surface area contributed by atoms with Gasteiger partial charge in [-0.15, -0.1) is 0 Å². The van der Waals surface area contributed by atoms with E-state index in [1.807, 2.05) is 0 Å². The molecule has 0 aromatic carbocycles. The van der Waals surface area contributed by atoms with E-state index >= 15 is 0 Å². The van der Waals surface area contributed by atoms with Gasteiger partial charge in [-0.1, -0.05) is 35.2 Å². The van der Waals surface area contributed by atoms with Crippen molar-refractivity contribution in [2.24, 2.45) is 5.92 Å². The summed E-state index contributed by atoms with van der Waals surface area (Å²) in [5.74, 6) is -1.65. The number of rotatable bonds is 1. The van der Waals surface area contributed by atoms with Crippen molar-refractivity contribution in [2.45, 2.75) is 99.1 Å². The lowest BCUT2D eigenvalue weighted by Gasteiger charge is -2.44. The Morgan fingerprint density at radius 1 is 1.07 bits per heavy atom. The van der Waals surface area contributed by atoms with Gasteiger partial charge in [0.15, 0.2) is 0 Å². The van der Waals surface area contributed by atoms with Gasteiger partial charge in [-0.05, 0) is 25.7 Å². The van der Waals surface area contributed by atoms with Crippen LogP contribution in [0, 0.1) is 16.0 Å². The molecule has 8 nitrogen and oxygen atoms in total. The van der Waals surface area contributed by atoms with E-state index in [0.717, 1.165) is 38.6 Å². The summed E-state index contributed by atoms with van der Waals surface area (Å²) < 4.78 is 46.7. The normalized spacial score (nSPS) is 43.7. The highest BCUT2D eigenvalue weighted by Gasteiger charge is 2.54. The highest BCUT2D eigenvalue weighted by molar-refractivity contribution is 9.09. The predicted molar refractivity (Wildman–Crippen MR) is 106 cm³/mol. The average Bonchev–Trinajstić information content (AvgIpc) is 3.32. The first-order valence-electron chi connectivity index (χ1n) is 10.8. The van der Waals surface area contributed by atoms with Crippen molar-refractivity contribution < 1.29 is 22.8 Å². The molecule has 4 saturated heterocycles. The molecule has 4 aliphatic rings. The number of piperidine rings is 1. The van der Waals surface area contributed by atoms with E-state index in [1.54, 1.807) is 0 Å². The van der Waals surface area contributed by atoms with Crippen molar-refractivity contribution in [3.63, 3.8) is 0 Å². The Hall–Kier alpha value is -0.530. The first-order valence-corrected chi connectivity index (χ1v) is 11.7. The zero-order chi connectivity index (χ0) is 21.5. The number of nitro groups is 1. The lowest BCUT2D eigenvalue weighted by atomic mass is 9.93. The smallest absolute Gasteiger partial charge is 0.340 e. The Kier molecular flexibility index (Phi) is 6.91. The molecule has 0 radical (unpaired) electrons. The number of nitrogens with one attached hydrogen (secondary N) is 3. The maximum Gasteiger partial charge on any atom is 0.395 e. The zero-order valence-electron chi connectivity index (χ0n) is 16.6. The fourth-order valence-corrected chi connectivity index (χ4v) is 6.27. The van der Waals surface area contributed by atoms with E-state index in [2.05, 4.69) is 37.0 Å². The number of hydrogen-bond donors (Lipinski definition) is 3. The minimum Gasteiger partial charge on any atom is -0.340 e. The molecule has 30 heavy (non-hydrogen) atoms. The number of nitrogens with zero attached hydrogens (tertiary/aromatic N) is 2. The van der Waals surface area contributed by atoms with Crippen molar-refractivity contribution in [1.82, 2.24) is 21.1 Å². The summed E-state index contributed by atoms with van der Waals surface area (Å²) >= 11 is 3.64. The van der Waals surface area contributed by atoms with Crippen LogP contribution in [0.4, 0.5) is 13.2 Å². The van der Waals surface area contributed by atoms with Gasteiger partial charge < -0.3 is 4.74 Å². The van der Waals surface area contributed by atoms with E-state index in [0.29, 0.717) is 12.5 Å². The fraction of sp³-hybridized carbons (Fsp3) is 1.00. The van der Waals surface area contributed by atoms with Crippen LogP contribution in [0.1, 0.15) is 51.4 Å². The van der Waals surface area contributed by atoms with E-state index in [1.165, 1.54) is 0 Å². The highest BCUT2D eigenvalue weighted by atomic mass is 79.9. The highest BCUT2D eigenvalue weighted by Crippen LogP contribution is 2.37. The van der Waals surface area contributed by atoms with E-state index < -0.39 is 36.6 Å². The molecule has 4 aliphatic heterocycles. The van der Waals surface area contributed by atoms with E-state index in [4.69, 9.17) is 4.74 Å². The summed E-state index contributed by atoms with van der Waals surface area (Å²) in [6.07, 6.45) is -1.27. The summed E-state index contributed by atoms with van der Waals surface area (Å²) in [7, 11) is 0. The van der Waals surface area contributed by atoms with Gasteiger partial charge in [-0.25, -0.2) is 10.9 Å². The van der Waals surface area contributed by atoms with E-state index in [9.17, 15) is 23.3 Å². The van der Waals surface area contributed by atoms with Crippen LogP contribution in [0.15, 0.2) is 0 Å². The molecule has 172 valence electrons. The third kappa shape index (κ3) is 4.63. The molecular weight excluding hydrogens is 471 g/mol. The van der Waals surface area contributed by atoms with Crippen LogP contribution in [-0.4, -0.2) is 64.1 Å². The molecule has 0 aromatic rings. The van der Waals surface area contributed by atoms with Crippen LogP contribution in [0.2, 0.25) is 0 Å². The fourth-order valence-electron chi connectivity index (χ4n) is 5.43. The van der Waals surface area contributed by atoms with Crippen LogP contribution in [0.3, 0.4) is 0 Å². The molecule has 8 atom stereocenters. The van der Waals surface area contributed by atoms with Gasteiger partial charge in [0.25, 0.3) is 0 Å². The molecule has 0 aromatic heterocycles. The number of alkyl halides is 4. The molecule has 12 heteroatoms. The SMILES string of the molecule is O=[N+]([O-])C1CC(Br)C2NC1C1NNC(O1)C(C(F)(F)F)CCCCC[C@H]1CCCN21. The monoisotopic (exact) mass is 499 g/mol. The summed E-state index contributed by atoms with van der Waals surface area (Å²) in [6, 6.07) is -1.36. The molecule has 0 spiro atoms. The third-order valence-corrected chi connectivity index (χ3v) is 7.84. The van der Waals surface area contributed by atoms with Crippen molar-refractivity contribution in [1.29, 1.82) is 0 Å². The van der Waals surface area contributed by atoms with Crippen molar-refractivity contribution >= 4 is 15.9 Å². The van der Waals surface area contributed by atoms with E-state index in [-0.39, 0.29) is 28.8 Å². The molecule has 3 N–H and O–H groups in total. The topological polar surface area (TPSA) is 91.7 Å². The summed E-state index contributed by atoms with van der Waals surface area (Å²) in [5, 5.41) is 15.1.